The zero-order valence-electron chi connectivity index (χ0n) is 14.8. The van der Waals surface area contributed by atoms with Gasteiger partial charge in [0, 0.05) is 45.8 Å². The van der Waals surface area contributed by atoms with Crippen molar-refractivity contribution in [2.45, 2.75) is 26.2 Å². The van der Waals surface area contributed by atoms with E-state index in [-0.39, 0.29) is 5.91 Å². The summed E-state index contributed by atoms with van der Waals surface area (Å²) in [5.41, 5.74) is 1.80. The molecule has 0 bridgehead atoms. The molecule has 0 saturated heterocycles. The van der Waals surface area contributed by atoms with E-state index in [2.05, 4.69) is 21.8 Å². The van der Waals surface area contributed by atoms with Gasteiger partial charge in [0.1, 0.15) is 5.82 Å². The number of unbranched alkanes of at least 4 members (excludes halogenated alkanes) is 1. The molecule has 0 spiro atoms. The highest BCUT2D eigenvalue weighted by atomic mass is 16.2. The fourth-order valence-electron chi connectivity index (χ4n) is 2.42. The first-order valence-electron chi connectivity index (χ1n) is 8.43. The lowest BCUT2D eigenvalue weighted by Gasteiger charge is -2.19. The van der Waals surface area contributed by atoms with Crippen LogP contribution in [0.25, 0.3) is 0 Å². The first-order chi connectivity index (χ1) is 11.6. The van der Waals surface area contributed by atoms with Crippen molar-refractivity contribution in [1.82, 2.24) is 14.9 Å². The van der Waals surface area contributed by atoms with Crippen LogP contribution in [0.1, 0.15) is 35.7 Å². The third kappa shape index (κ3) is 5.05. The van der Waals surface area contributed by atoms with Crippen LogP contribution in [0, 0.1) is 0 Å². The van der Waals surface area contributed by atoms with Crippen molar-refractivity contribution in [3.8, 4) is 0 Å². The van der Waals surface area contributed by atoms with E-state index in [0.717, 1.165) is 31.6 Å². The van der Waals surface area contributed by atoms with E-state index in [1.54, 1.807) is 23.5 Å². The standard InChI is InChI=1S/C19H26N4O/c1-4-5-13-22(2)18-7-6-17(15-21-18)19(24)23(3)14-10-16-8-11-20-12-9-16/h6-9,11-12,15H,4-5,10,13-14H2,1-3H3. The molecule has 0 radical (unpaired) electrons. The summed E-state index contributed by atoms with van der Waals surface area (Å²) in [4.78, 5) is 24.8. The number of nitrogens with zero attached hydrogens (tertiary/aromatic N) is 4. The lowest BCUT2D eigenvalue weighted by Crippen LogP contribution is -2.29. The van der Waals surface area contributed by atoms with E-state index in [9.17, 15) is 4.79 Å². The lowest BCUT2D eigenvalue weighted by molar-refractivity contribution is 0.0796. The summed E-state index contributed by atoms with van der Waals surface area (Å²) in [5.74, 6) is 0.902. The summed E-state index contributed by atoms with van der Waals surface area (Å²) in [5, 5.41) is 0. The lowest BCUT2D eigenvalue weighted by atomic mass is 10.2. The Hall–Kier alpha value is -2.43. The minimum absolute atomic E-state index is 0.000632. The number of anilines is 1. The molecule has 0 unspecified atom stereocenters. The largest absolute Gasteiger partial charge is 0.360 e. The Morgan fingerprint density at radius 1 is 1.08 bits per heavy atom. The quantitative estimate of drug-likeness (QED) is 0.748. The van der Waals surface area contributed by atoms with Gasteiger partial charge in [0.05, 0.1) is 5.56 Å². The van der Waals surface area contributed by atoms with Crippen molar-refractivity contribution in [2.75, 3.05) is 32.1 Å². The first-order valence-corrected chi connectivity index (χ1v) is 8.43. The zero-order valence-corrected chi connectivity index (χ0v) is 14.8. The van der Waals surface area contributed by atoms with Crippen molar-refractivity contribution in [3.05, 3.63) is 54.0 Å². The Morgan fingerprint density at radius 2 is 1.83 bits per heavy atom. The summed E-state index contributed by atoms with van der Waals surface area (Å²) in [6, 6.07) is 7.72. The highest BCUT2D eigenvalue weighted by molar-refractivity contribution is 5.93. The highest BCUT2D eigenvalue weighted by Crippen LogP contribution is 2.12. The molecule has 5 heteroatoms. The van der Waals surface area contributed by atoms with Crippen LogP contribution in [0.2, 0.25) is 0 Å². The molecule has 0 N–H and O–H groups in total. The molecule has 2 rings (SSSR count). The minimum Gasteiger partial charge on any atom is -0.360 e. The first kappa shape index (κ1) is 17.9. The second-order valence-electron chi connectivity index (χ2n) is 6.01. The normalized spacial score (nSPS) is 10.5. The van der Waals surface area contributed by atoms with E-state index in [0.29, 0.717) is 12.1 Å². The van der Waals surface area contributed by atoms with Gasteiger partial charge >= 0.3 is 0 Å². The number of likely N-dealkylation sites (N-methyl/N-ethyl adjacent to an activating group) is 1. The van der Waals surface area contributed by atoms with Crippen LogP contribution in [-0.2, 0) is 6.42 Å². The monoisotopic (exact) mass is 326 g/mol. The van der Waals surface area contributed by atoms with Crippen LogP contribution < -0.4 is 4.90 Å². The highest BCUT2D eigenvalue weighted by Gasteiger charge is 2.12. The summed E-state index contributed by atoms with van der Waals surface area (Å²) in [6.07, 6.45) is 8.32. The second-order valence-corrected chi connectivity index (χ2v) is 6.01. The Balaban J connectivity index is 1.91. The molecule has 0 saturated carbocycles. The van der Waals surface area contributed by atoms with Crippen LogP contribution in [0.5, 0.6) is 0 Å². The molecular formula is C19H26N4O. The molecule has 0 atom stereocenters. The van der Waals surface area contributed by atoms with Gasteiger partial charge in [-0.3, -0.25) is 9.78 Å². The number of carbonyl (C=O) groups excluding carboxylic acids is 1. The molecule has 2 heterocycles. The van der Waals surface area contributed by atoms with Gasteiger partial charge in [-0.1, -0.05) is 13.3 Å². The molecule has 128 valence electrons. The van der Waals surface area contributed by atoms with Crippen molar-refractivity contribution in [1.29, 1.82) is 0 Å². The van der Waals surface area contributed by atoms with Gasteiger partial charge in [0.2, 0.25) is 0 Å². The number of amides is 1. The maximum absolute atomic E-state index is 12.5. The van der Waals surface area contributed by atoms with Gasteiger partial charge in [0.25, 0.3) is 5.91 Å². The molecule has 0 aromatic carbocycles. The zero-order chi connectivity index (χ0) is 17.4. The number of hydrogen-bond acceptors (Lipinski definition) is 4. The molecular weight excluding hydrogens is 300 g/mol. The predicted octanol–water partition coefficient (Wildman–Crippen LogP) is 3.03. The van der Waals surface area contributed by atoms with E-state index in [4.69, 9.17) is 0 Å². The van der Waals surface area contributed by atoms with Crippen molar-refractivity contribution in [3.63, 3.8) is 0 Å². The molecule has 1 amide bonds. The number of pyridine rings is 2. The third-order valence-corrected chi connectivity index (χ3v) is 4.06. The molecule has 5 nitrogen and oxygen atoms in total. The molecule has 0 fully saturated rings. The Kier molecular flexibility index (Phi) is 6.73. The topological polar surface area (TPSA) is 49.3 Å². The molecule has 24 heavy (non-hydrogen) atoms. The number of rotatable bonds is 8. The summed E-state index contributed by atoms with van der Waals surface area (Å²) < 4.78 is 0. The maximum Gasteiger partial charge on any atom is 0.255 e. The van der Waals surface area contributed by atoms with E-state index in [1.807, 2.05) is 38.4 Å². The maximum atomic E-state index is 12.5. The second kappa shape index (κ2) is 9.01. The number of carbonyl (C=O) groups is 1. The average Bonchev–Trinajstić information content (AvgIpc) is 2.64. The fraction of sp³-hybridized carbons (Fsp3) is 0.421. The van der Waals surface area contributed by atoms with Crippen LogP contribution in [0.4, 0.5) is 5.82 Å². The summed E-state index contributed by atoms with van der Waals surface area (Å²) in [7, 11) is 3.85. The third-order valence-electron chi connectivity index (χ3n) is 4.06. The SMILES string of the molecule is CCCCN(C)c1ccc(C(=O)N(C)CCc2ccncc2)cn1. The van der Waals surface area contributed by atoms with Crippen LogP contribution in [0.3, 0.4) is 0 Å². The number of aromatic nitrogens is 2. The predicted molar refractivity (Wildman–Crippen MR) is 97.3 cm³/mol. The van der Waals surface area contributed by atoms with Gasteiger partial charge < -0.3 is 9.80 Å². The van der Waals surface area contributed by atoms with Gasteiger partial charge in [-0.05, 0) is 42.7 Å². The summed E-state index contributed by atoms with van der Waals surface area (Å²) >= 11 is 0. The number of hydrogen-bond donors (Lipinski definition) is 0. The van der Waals surface area contributed by atoms with Gasteiger partial charge in [-0.25, -0.2) is 4.98 Å². The molecule has 2 aromatic rings. The van der Waals surface area contributed by atoms with Gasteiger partial charge in [0.15, 0.2) is 0 Å². The van der Waals surface area contributed by atoms with Crippen molar-refractivity contribution < 1.29 is 4.79 Å². The Labute approximate surface area is 144 Å². The van der Waals surface area contributed by atoms with Gasteiger partial charge in [-0.15, -0.1) is 0 Å². The van der Waals surface area contributed by atoms with Crippen LogP contribution in [0.15, 0.2) is 42.9 Å². The van der Waals surface area contributed by atoms with Crippen LogP contribution in [-0.4, -0.2) is 48.0 Å². The summed E-state index contributed by atoms with van der Waals surface area (Å²) in [6.45, 7) is 3.81. The van der Waals surface area contributed by atoms with E-state index >= 15 is 0 Å². The molecule has 2 aromatic heterocycles. The van der Waals surface area contributed by atoms with Crippen LogP contribution >= 0.6 is 0 Å². The Morgan fingerprint density at radius 3 is 2.46 bits per heavy atom. The minimum atomic E-state index is -0.000632. The fourth-order valence-corrected chi connectivity index (χ4v) is 2.42. The molecule has 0 aliphatic heterocycles. The van der Waals surface area contributed by atoms with Crippen molar-refractivity contribution in [2.24, 2.45) is 0 Å². The molecule has 0 aliphatic rings. The van der Waals surface area contributed by atoms with Gasteiger partial charge in [-0.2, -0.15) is 0 Å². The Bertz CT molecular complexity index is 628. The smallest absolute Gasteiger partial charge is 0.255 e. The van der Waals surface area contributed by atoms with E-state index in [1.165, 1.54) is 5.56 Å². The average molecular weight is 326 g/mol. The van der Waals surface area contributed by atoms with E-state index < -0.39 is 0 Å². The van der Waals surface area contributed by atoms with Crippen molar-refractivity contribution >= 4 is 11.7 Å². The molecule has 0 aliphatic carbocycles.